The van der Waals surface area contributed by atoms with Gasteiger partial charge in [0.05, 0.1) is 17.1 Å². The van der Waals surface area contributed by atoms with Gasteiger partial charge in [-0.1, -0.05) is 0 Å². The summed E-state index contributed by atoms with van der Waals surface area (Å²) in [6, 6.07) is 0.485. The van der Waals surface area contributed by atoms with Gasteiger partial charge in [-0.3, -0.25) is 9.89 Å². The summed E-state index contributed by atoms with van der Waals surface area (Å²) in [5.74, 6) is 0.987. The molecule has 2 fully saturated rings. The predicted molar refractivity (Wildman–Crippen MR) is 97.3 cm³/mol. The molecule has 0 saturated carbocycles. The Morgan fingerprint density at radius 1 is 1.38 bits per heavy atom. The van der Waals surface area contributed by atoms with Crippen LogP contribution in [0.15, 0.2) is 4.99 Å². The highest BCUT2D eigenvalue weighted by Gasteiger charge is 2.41. The second-order valence-corrected chi connectivity index (χ2v) is 10.00. The van der Waals surface area contributed by atoms with Crippen LogP contribution in [0.5, 0.6) is 0 Å². The lowest BCUT2D eigenvalue weighted by Gasteiger charge is -2.39. The Kier molecular flexibility index (Phi) is 6.50. The van der Waals surface area contributed by atoms with Crippen LogP contribution in [0.1, 0.15) is 26.7 Å². The van der Waals surface area contributed by atoms with Crippen molar-refractivity contribution in [2.75, 3.05) is 59.2 Å². The molecule has 24 heavy (non-hydrogen) atoms. The van der Waals surface area contributed by atoms with Gasteiger partial charge in [-0.2, -0.15) is 0 Å². The molecule has 0 bridgehead atoms. The third kappa shape index (κ3) is 4.40. The molecule has 2 saturated heterocycles. The average molecular weight is 361 g/mol. The zero-order valence-corrected chi connectivity index (χ0v) is 16.2. The summed E-state index contributed by atoms with van der Waals surface area (Å²) in [6.45, 7) is 8.23. The van der Waals surface area contributed by atoms with E-state index in [4.69, 9.17) is 4.74 Å². The molecule has 2 rings (SSSR count). The van der Waals surface area contributed by atoms with Crippen LogP contribution in [-0.2, 0) is 14.6 Å². The van der Waals surface area contributed by atoms with Gasteiger partial charge in [0.25, 0.3) is 0 Å². The number of likely N-dealkylation sites (tertiary alicyclic amines) is 1. The van der Waals surface area contributed by atoms with E-state index in [1.54, 1.807) is 28.0 Å². The molecule has 8 heteroatoms. The van der Waals surface area contributed by atoms with Gasteiger partial charge in [0, 0.05) is 46.4 Å². The van der Waals surface area contributed by atoms with Crippen molar-refractivity contribution in [3.05, 3.63) is 0 Å². The van der Waals surface area contributed by atoms with Crippen molar-refractivity contribution in [2.24, 2.45) is 4.99 Å². The quantitative estimate of drug-likeness (QED) is 0.557. The van der Waals surface area contributed by atoms with Gasteiger partial charge in [-0.25, -0.2) is 8.42 Å². The molecule has 140 valence electrons. The molecule has 7 nitrogen and oxygen atoms in total. The SMILES string of the molecule is CN=C(NCC1CCCN1CCOC)N1CCS(=O)(=O)C(C)(C)C1. The molecular formula is C16H32N4O3S. The molecule has 0 aromatic rings. The Bertz CT molecular complexity index is 548. The topological polar surface area (TPSA) is 74.2 Å². The maximum absolute atomic E-state index is 12.2. The number of ether oxygens (including phenoxy) is 1. The number of nitrogens with one attached hydrogen (secondary N) is 1. The fraction of sp³-hybridized carbons (Fsp3) is 0.938. The van der Waals surface area contributed by atoms with Gasteiger partial charge in [0.1, 0.15) is 0 Å². The Morgan fingerprint density at radius 2 is 2.12 bits per heavy atom. The van der Waals surface area contributed by atoms with Crippen LogP contribution in [0.4, 0.5) is 0 Å². The number of hydrogen-bond donors (Lipinski definition) is 1. The first-order valence-corrected chi connectivity index (χ1v) is 10.4. The molecule has 0 aliphatic carbocycles. The van der Waals surface area contributed by atoms with Gasteiger partial charge in [0.15, 0.2) is 15.8 Å². The van der Waals surface area contributed by atoms with E-state index in [-0.39, 0.29) is 5.75 Å². The van der Waals surface area contributed by atoms with Crippen molar-refractivity contribution in [2.45, 2.75) is 37.5 Å². The molecule has 0 aromatic carbocycles. The smallest absolute Gasteiger partial charge is 0.193 e. The highest BCUT2D eigenvalue weighted by atomic mass is 32.2. The Balaban J connectivity index is 1.91. The summed E-state index contributed by atoms with van der Waals surface area (Å²) in [5.41, 5.74) is 0. The molecule has 0 amide bonds. The van der Waals surface area contributed by atoms with Crippen molar-refractivity contribution in [1.29, 1.82) is 0 Å². The lowest BCUT2D eigenvalue weighted by molar-refractivity contribution is 0.141. The molecule has 2 heterocycles. The molecule has 0 radical (unpaired) electrons. The van der Waals surface area contributed by atoms with Crippen LogP contribution in [0, 0.1) is 0 Å². The molecule has 2 aliphatic heterocycles. The Hall–Kier alpha value is -0.860. The number of guanidine groups is 1. The van der Waals surface area contributed by atoms with Crippen molar-refractivity contribution < 1.29 is 13.2 Å². The lowest BCUT2D eigenvalue weighted by Crippen LogP contribution is -2.58. The number of hydrogen-bond acceptors (Lipinski definition) is 5. The van der Waals surface area contributed by atoms with Crippen LogP contribution in [0.3, 0.4) is 0 Å². The number of methoxy groups -OCH3 is 1. The monoisotopic (exact) mass is 360 g/mol. The van der Waals surface area contributed by atoms with Gasteiger partial charge in [-0.15, -0.1) is 0 Å². The first-order chi connectivity index (χ1) is 11.3. The average Bonchev–Trinajstić information content (AvgIpc) is 2.96. The molecule has 1 atom stereocenters. The first-order valence-electron chi connectivity index (χ1n) is 8.71. The molecule has 0 aromatic heterocycles. The van der Waals surface area contributed by atoms with Crippen molar-refractivity contribution in [1.82, 2.24) is 15.1 Å². The van der Waals surface area contributed by atoms with Crippen LogP contribution in [0.2, 0.25) is 0 Å². The molecular weight excluding hydrogens is 328 g/mol. The van der Waals surface area contributed by atoms with Crippen LogP contribution in [0.25, 0.3) is 0 Å². The molecule has 2 aliphatic rings. The van der Waals surface area contributed by atoms with E-state index in [0.717, 1.165) is 32.2 Å². The largest absolute Gasteiger partial charge is 0.383 e. The third-order valence-corrected chi connectivity index (χ3v) is 7.67. The van der Waals surface area contributed by atoms with E-state index in [1.807, 2.05) is 0 Å². The normalized spacial score (nSPS) is 27.4. The molecule has 0 spiro atoms. The Labute approximate surface area is 146 Å². The second-order valence-electron chi connectivity index (χ2n) is 7.25. The van der Waals surface area contributed by atoms with E-state index in [1.165, 1.54) is 12.8 Å². The maximum Gasteiger partial charge on any atom is 0.193 e. The van der Waals surface area contributed by atoms with Crippen LogP contribution in [-0.4, -0.2) is 94.2 Å². The van der Waals surface area contributed by atoms with E-state index in [9.17, 15) is 8.42 Å². The molecule has 1 unspecified atom stereocenters. The highest BCUT2D eigenvalue weighted by Crippen LogP contribution is 2.24. The first kappa shape index (κ1) is 19.5. The second kappa shape index (κ2) is 8.01. The Morgan fingerprint density at radius 3 is 2.75 bits per heavy atom. The van der Waals surface area contributed by atoms with E-state index < -0.39 is 14.6 Å². The number of rotatable bonds is 5. The number of aliphatic imine (C=N–C) groups is 1. The zero-order valence-electron chi connectivity index (χ0n) is 15.4. The standard InChI is InChI=1S/C16H32N4O3S/c1-16(2)13-20(9-11-24(16,21)22)15(17-3)18-12-14-6-5-7-19(14)8-10-23-4/h14H,5-13H2,1-4H3,(H,17,18). The number of nitrogens with zero attached hydrogens (tertiary/aromatic N) is 3. The van der Waals surface area contributed by atoms with Gasteiger partial charge in [-0.05, 0) is 33.2 Å². The van der Waals surface area contributed by atoms with Crippen molar-refractivity contribution in [3.8, 4) is 0 Å². The minimum Gasteiger partial charge on any atom is -0.383 e. The molecule has 1 N–H and O–H groups in total. The summed E-state index contributed by atoms with van der Waals surface area (Å²) in [5, 5.41) is 3.45. The van der Waals surface area contributed by atoms with Gasteiger partial charge in [0.2, 0.25) is 0 Å². The van der Waals surface area contributed by atoms with E-state index in [0.29, 0.717) is 19.1 Å². The summed E-state index contributed by atoms with van der Waals surface area (Å²) in [4.78, 5) is 8.88. The van der Waals surface area contributed by atoms with Gasteiger partial charge < -0.3 is 15.0 Å². The minimum atomic E-state index is -3.03. The van der Waals surface area contributed by atoms with Crippen molar-refractivity contribution in [3.63, 3.8) is 0 Å². The number of sulfone groups is 1. The third-order valence-electron chi connectivity index (χ3n) is 5.13. The van der Waals surface area contributed by atoms with E-state index in [2.05, 4.69) is 20.1 Å². The lowest BCUT2D eigenvalue weighted by atomic mass is 10.2. The summed E-state index contributed by atoms with van der Waals surface area (Å²) in [7, 11) is 0.461. The van der Waals surface area contributed by atoms with Crippen LogP contribution < -0.4 is 5.32 Å². The summed E-state index contributed by atoms with van der Waals surface area (Å²) >= 11 is 0. The highest BCUT2D eigenvalue weighted by molar-refractivity contribution is 7.92. The fourth-order valence-corrected chi connectivity index (χ4v) is 4.86. The fourth-order valence-electron chi connectivity index (χ4n) is 3.50. The van der Waals surface area contributed by atoms with E-state index >= 15 is 0 Å². The van der Waals surface area contributed by atoms with Gasteiger partial charge >= 0.3 is 0 Å². The van der Waals surface area contributed by atoms with Crippen LogP contribution >= 0.6 is 0 Å². The predicted octanol–water partition coefficient (Wildman–Crippen LogP) is 0.182. The maximum atomic E-state index is 12.2. The zero-order chi connectivity index (χ0) is 17.8. The summed E-state index contributed by atoms with van der Waals surface area (Å²) < 4.78 is 28.8. The summed E-state index contributed by atoms with van der Waals surface area (Å²) in [6.07, 6.45) is 2.39. The minimum absolute atomic E-state index is 0.185. The van der Waals surface area contributed by atoms with Crippen molar-refractivity contribution >= 4 is 15.8 Å².